The van der Waals surface area contributed by atoms with E-state index in [0.717, 1.165) is 16.9 Å². The highest BCUT2D eigenvalue weighted by molar-refractivity contribution is 7.13. The van der Waals surface area contributed by atoms with Crippen LogP contribution in [0.1, 0.15) is 36.7 Å². The molecule has 0 aliphatic rings. The van der Waals surface area contributed by atoms with Crippen molar-refractivity contribution in [3.63, 3.8) is 0 Å². The van der Waals surface area contributed by atoms with Crippen LogP contribution in [-0.4, -0.2) is 10.9 Å². The molecule has 1 heterocycles. The molecular formula is C20H21N3OS. The van der Waals surface area contributed by atoms with Crippen LogP contribution < -0.4 is 11.1 Å². The van der Waals surface area contributed by atoms with Gasteiger partial charge in [-0.05, 0) is 35.2 Å². The summed E-state index contributed by atoms with van der Waals surface area (Å²) in [5.74, 6) is -0.119. The molecule has 4 nitrogen and oxygen atoms in total. The fourth-order valence-electron chi connectivity index (χ4n) is 2.47. The Bertz CT molecular complexity index is 875. The number of rotatable bonds is 3. The molecule has 1 aromatic heterocycles. The van der Waals surface area contributed by atoms with E-state index in [9.17, 15) is 4.79 Å². The monoisotopic (exact) mass is 351 g/mol. The molecule has 0 saturated carbocycles. The van der Waals surface area contributed by atoms with Gasteiger partial charge in [0.05, 0.1) is 5.69 Å². The molecule has 2 aromatic carbocycles. The molecule has 0 atom stereocenters. The molecule has 25 heavy (non-hydrogen) atoms. The van der Waals surface area contributed by atoms with Gasteiger partial charge in [-0.2, -0.15) is 0 Å². The zero-order valence-electron chi connectivity index (χ0n) is 14.5. The predicted molar refractivity (Wildman–Crippen MR) is 105 cm³/mol. The van der Waals surface area contributed by atoms with Gasteiger partial charge < -0.3 is 11.1 Å². The van der Waals surface area contributed by atoms with Gasteiger partial charge in [0.1, 0.15) is 0 Å². The van der Waals surface area contributed by atoms with E-state index in [1.165, 1.54) is 16.9 Å². The standard InChI is InChI=1S/C20H21N3OS/c1-20(2,3)15-8-4-14(5-9-15)18(24)22-16-10-6-13(7-11-16)17-12-25-19(21)23-17/h4-12H,1-3H3,(H2,21,23)(H,22,24). The molecule has 0 bridgehead atoms. The summed E-state index contributed by atoms with van der Waals surface area (Å²) in [5, 5.41) is 5.38. The minimum Gasteiger partial charge on any atom is -0.375 e. The number of nitrogens with two attached hydrogens (primary N) is 1. The van der Waals surface area contributed by atoms with Gasteiger partial charge in [-0.15, -0.1) is 11.3 Å². The molecule has 5 heteroatoms. The van der Waals surface area contributed by atoms with E-state index in [1.54, 1.807) is 0 Å². The summed E-state index contributed by atoms with van der Waals surface area (Å²) in [4.78, 5) is 16.7. The summed E-state index contributed by atoms with van der Waals surface area (Å²) in [6.07, 6.45) is 0. The minimum atomic E-state index is -0.119. The molecule has 0 unspecified atom stereocenters. The SMILES string of the molecule is CC(C)(C)c1ccc(C(=O)Nc2ccc(-c3csc(N)n3)cc2)cc1. The van der Waals surface area contributed by atoms with E-state index in [2.05, 4.69) is 31.1 Å². The van der Waals surface area contributed by atoms with Crippen molar-refractivity contribution in [2.24, 2.45) is 0 Å². The first-order chi connectivity index (χ1) is 11.8. The van der Waals surface area contributed by atoms with Gasteiger partial charge in [-0.25, -0.2) is 4.98 Å². The zero-order chi connectivity index (χ0) is 18.0. The van der Waals surface area contributed by atoms with Gasteiger partial charge in [0.2, 0.25) is 0 Å². The lowest BCUT2D eigenvalue weighted by molar-refractivity contribution is 0.102. The molecule has 0 aliphatic carbocycles. The van der Waals surface area contributed by atoms with E-state index < -0.39 is 0 Å². The minimum absolute atomic E-state index is 0.0733. The lowest BCUT2D eigenvalue weighted by atomic mass is 9.87. The van der Waals surface area contributed by atoms with Crippen LogP contribution in [0, 0.1) is 0 Å². The average Bonchev–Trinajstić information content (AvgIpc) is 3.01. The fraction of sp³-hybridized carbons (Fsp3) is 0.200. The number of nitrogens with zero attached hydrogens (tertiary/aromatic N) is 1. The van der Waals surface area contributed by atoms with Crippen molar-refractivity contribution in [3.05, 3.63) is 65.0 Å². The summed E-state index contributed by atoms with van der Waals surface area (Å²) in [6.45, 7) is 6.46. The smallest absolute Gasteiger partial charge is 0.255 e. The summed E-state index contributed by atoms with van der Waals surface area (Å²) in [6, 6.07) is 15.3. The largest absolute Gasteiger partial charge is 0.375 e. The number of hydrogen-bond acceptors (Lipinski definition) is 4. The van der Waals surface area contributed by atoms with Crippen molar-refractivity contribution in [1.29, 1.82) is 0 Å². The molecule has 0 aliphatic heterocycles. The van der Waals surface area contributed by atoms with E-state index in [1.807, 2.05) is 53.9 Å². The first-order valence-electron chi connectivity index (χ1n) is 8.06. The molecule has 3 aromatic rings. The van der Waals surface area contributed by atoms with Crippen molar-refractivity contribution in [1.82, 2.24) is 4.98 Å². The summed E-state index contributed by atoms with van der Waals surface area (Å²) < 4.78 is 0. The fourth-order valence-corrected chi connectivity index (χ4v) is 3.04. The molecule has 0 saturated heterocycles. The first kappa shape index (κ1) is 17.2. The van der Waals surface area contributed by atoms with Crippen LogP contribution in [0.5, 0.6) is 0 Å². The second-order valence-corrected chi connectivity index (χ2v) is 7.82. The van der Waals surface area contributed by atoms with Gasteiger partial charge >= 0.3 is 0 Å². The Labute approximate surface area is 151 Å². The number of amides is 1. The summed E-state index contributed by atoms with van der Waals surface area (Å²) in [7, 11) is 0. The third-order valence-corrected chi connectivity index (χ3v) is 4.65. The van der Waals surface area contributed by atoms with Crippen LogP contribution in [0.15, 0.2) is 53.9 Å². The Kier molecular flexibility index (Phi) is 4.59. The molecule has 0 fully saturated rings. The highest BCUT2D eigenvalue weighted by atomic mass is 32.1. The van der Waals surface area contributed by atoms with E-state index in [4.69, 9.17) is 5.73 Å². The van der Waals surface area contributed by atoms with Crippen molar-refractivity contribution >= 4 is 28.1 Å². The summed E-state index contributed by atoms with van der Waals surface area (Å²) in [5.41, 5.74) is 10.1. The molecular weight excluding hydrogens is 330 g/mol. The third-order valence-electron chi connectivity index (χ3n) is 3.97. The van der Waals surface area contributed by atoms with Crippen LogP contribution in [0.4, 0.5) is 10.8 Å². The maximum Gasteiger partial charge on any atom is 0.255 e. The molecule has 3 rings (SSSR count). The van der Waals surface area contributed by atoms with Crippen LogP contribution in [-0.2, 0) is 5.41 Å². The summed E-state index contributed by atoms with van der Waals surface area (Å²) >= 11 is 1.41. The van der Waals surface area contributed by atoms with Crippen LogP contribution in [0.3, 0.4) is 0 Å². The number of benzene rings is 2. The van der Waals surface area contributed by atoms with Gasteiger partial charge in [-0.1, -0.05) is 45.0 Å². The first-order valence-corrected chi connectivity index (χ1v) is 8.94. The van der Waals surface area contributed by atoms with Gasteiger partial charge in [0.25, 0.3) is 5.91 Å². The lowest BCUT2D eigenvalue weighted by Crippen LogP contribution is -2.14. The number of anilines is 2. The maximum atomic E-state index is 12.4. The third kappa shape index (κ3) is 4.06. The van der Waals surface area contributed by atoms with Crippen LogP contribution >= 0.6 is 11.3 Å². The molecule has 0 radical (unpaired) electrons. The molecule has 128 valence electrons. The highest BCUT2D eigenvalue weighted by Crippen LogP contribution is 2.25. The van der Waals surface area contributed by atoms with Crippen molar-refractivity contribution in [2.75, 3.05) is 11.1 Å². The quantitative estimate of drug-likeness (QED) is 0.702. The number of carbonyl (C=O) groups excluding carboxylic acids is 1. The maximum absolute atomic E-state index is 12.4. The Balaban J connectivity index is 1.70. The Hall–Kier alpha value is -2.66. The van der Waals surface area contributed by atoms with E-state index >= 15 is 0 Å². The highest BCUT2D eigenvalue weighted by Gasteiger charge is 2.14. The van der Waals surface area contributed by atoms with Crippen molar-refractivity contribution in [2.45, 2.75) is 26.2 Å². The molecule has 1 amide bonds. The normalized spacial score (nSPS) is 11.3. The number of carbonyl (C=O) groups is 1. The number of aromatic nitrogens is 1. The molecule has 3 N–H and O–H groups in total. The number of nitrogens with one attached hydrogen (secondary N) is 1. The van der Waals surface area contributed by atoms with Gasteiger partial charge in [0, 0.05) is 22.2 Å². The second kappa shape index (κ2) is 6.69. The Morgan fingerprint density at radius 1 is 1.04 bits per heavy atom. The Morgan fingerprint density at radius 2 is 1.68 bits per heavy atom. The zero-order valence-corrected chi connectivity index (χ0v) is 15.4. The van der Waals surface area contributed by atoms with Crippen LogP contribution in [0.2, 0.25) is 0 Å². The number of hydrogen-bond donors (Lipinski definition) is 2. The van der Waals surface area contributed by atoms with Crippen LogP contribution in [0.25, 0.3) is 11.3 Å². The van der Waals surface area contributed by atoms with E-state index in [0.29, 0.717) is 10.7 Å². The number of nitrogen functional groups attached to an aromatic ring is 1. The Morgan fingerprint density at radius 3 is 2.20 bits per heavy atom. The van der Waals surface area contributed by atoms with Gasteiger partial charge in [0.15, 0.2) is 5.13 Å². The van der Waals surface area contributed by atoms with Crippen molar-refractivity contribution in [3.8, 4) is 11.3 Å². The average molecular weight is 351 g/mol. The molecule has 0 spiro atoms. The lowest BCUT2D eigenvalue weighted by Gasteiger charge is -2.19. The predicted octanol–water partition coefficient (Wildman–Crippen LogP) is 4.94. The second-order valence-electron chi connectivity index (χ2n) is 6.93. The van der Waals surface area contributed by atoms with E-state index in [-0.39, 0.29) is 11.3 Å². The van der Waals surface area contributed by atoms with Gasteiger partial charge in [-0.3, -0.25) is 4.79 Å². The topological polar surface area (TPSA) is 68.0 Å². The van der Waals surface area contributed by atoms with Crippen molar-refractivity contribution < 1.29 is 4.79 Å². The number of thiazole rings is 1.